The molecule has 1 aromatic carbocycles. The van der Waals surface area contributed by atoms with E-state index in [1.165, 1.54) is 0 Å². The molecule has 3 nitrogen and oxygen atoms in total. The number of halogens is 2. The average molecular weight is 299 g/mol. The Morgan fingerprint density at radius 2 is 1.88 bits per heavy atom. The van der Waals surface area contributed by atoms with Crippen LogP contribution >= 0.6 is 27.5 Å². The molecule has 0 saturated heterocycles. The van der Waals surface area contributed by atoms with Gasteiger partial charge in [-0.05, 0) is 27.6 Å². The smallest absolute Gasteiger partial charge is 0.227 e. The van der Waals surface area contributed by atoms with Gasteiger partial charge in [-0.2, -0.15) is 0 Å². The van der Waals surface area contributed by atoms with Crippen LogP contribution < -0.4 is 5.32 Å². The normalized spacial score (nSPS) is 10.1. The molecule has 0 radical (unpaired) electrons. The number of anilines is 2. The summed E-state index contributed by atoms with van der Waals surface area (Å²) in [5.41, 5.74) is 1.95. The largest absolute Gasteiger partial charge is 0.324 e. The van der Waals surface area contributed by atoms with Gasteiger partial charge in [-0.1, -0.05) is 18.2 Å². The van der Waals surface area contributed by atoms with Crippen molar-refractivity contribution in [3.05, 3.63) is 46.7 Å². The van der Waals surface area contributed by atoms with Gasteiger partial charge in [0, 0.05) is 24.0 Å². The number of aromatic nitrogens is 2. The van der Waals surface area contributed by atoms with Gasteiger partial charge in [-0.3, -0.25) is 0 Å². The highest BCUT2D eigenvalue weighted by Gasteiger charge is 2.02. The Labute approximate surface area is 107 Å². The third kappa shape index (κ3) is 2.71. The number of hydrogen-bond acceptors (Lipinski definition) is 3. The number of rotatable bonds is 3. The Morgan fingerprint density at radius 1 is 1.19 bits per heavy atom. The van der Waals surface area contributed by atoms with Crippen molar-refractivity contribution in [2.45, 2.75) is 5.88 Å². The monoisotopic (exact) mass is 297 g/mol. The second-order valence-corrected chi connectivity index (χ2v) is 4.32. The molecule has 0 spiro atoms. The molecular formula is C11H9BrClN3. The Hall–Kier alpha value is -1.13. The van der Waals surface area contributed by atoms with E-state index < -0.39 is 0 Å². The summed E-state index contributed by atoms with van der Waals surface area (Å²) < 4.78 is 0.851. The summed E-state index contributed by atoms with van der Waals surface area (Å²) in [7, 11) is 0. The third-order valence-corrected chi connectivity index (χ3v) is 2.73. The molecule has 0 aliphatic carbocycles. The Morgan fingerprint density at radius 3 is 2.56 bits per heavy atom. The lowest BCUT2D eigenvalue weighted by Crippen LogP contribution is -1.98. The first-order chi connectivity index (χ1) is 7.79. The van der Waals surface area contributed by atoms with Crippen LogP contribution in [0.3, 0.4) is 0 Å². The van der Waals surface area contributed by atoms with Crippen LogP contribution in [0.1, 0.15) is 5.56 Å². The molecule has 0 bridgehead atoms. The minimum atomic E-state index is 0.458. The van der Waals surface area contributed by atoms with Crippen molar-refractivity contribution >= 4 is 39.2 Å². The average Bonchev–Trinajstić information content (AvgIpc) is 2.33. The fourth-order valence-corrected chi connectivity index (χ4v) is 1.69. The molecule has 0 atom stereocenters. The van der Waals surface area contributed by atoms with E-state index in [2.05, 4.69) is 31.2 Å². The zero-order valence-electron chi connectivity index (χ0n) is 8.32. The van der Waals surface area contributed by atoms with Gasteiger partial charge in [0.05, 0.1) is 4.47 Å². The Balaban J connectivity index is 2.23. The van der Waals surface area contributed by atoms with Crippen molar-refractivity contribution in [1.82, 2.24) is 9.97 Å². The van der Waals surface area contributed by atoms with Crippen molar-refractivity contribution in [2.24, 2.45) is 0 Å². The summed E-state index contributed by atoms with van der Waals surface area (Å²) in [6.45, 7) is 0. The SMILES string of the molecule is ClCc1ccccc1Nc1ncc(Br)cn1. The minimum Gasteiger partial charge on any atom is -0.324 e. The molecule has 0 fully saturated rings. The van der Waals surface area contributed by atoms with Crippen molar-refractivity contribution < 1.29 is 0 Å². The molecule has 0 amide bonds. The van der Waals surface area contributed by atoms with Gasteiger partial charge in [0.15, 0.2) is 0 Å². The van der Waals surface area contributed by atoms with E-state index in [1.807, 2.05) is 24.3 Å². The molecule has 82 valence electrons. The lowest BCUT2D eigenvalue weighted by molar-refractivity contribution is 1.15. The van der Waals surface area contributed by atoms with Gasteiger partial charge >= 0.3 is 0 Å². The maximum atomic E-state index is 5.84. The van der Waals surface area contributed by atoms with Crippen molar-refractivity contribution in [2.75, 3.05) is 5.32 Å². The molecule has 5 heteroatoms. The second-order valence-electron chi connectivity index (χ2n) is 3.14. The summed E-state index contributed by atoms with van der Waals surface area (Å²) in [5.74, 6) is 1.01. The van der Waals surface area contributed by atoms with Crippen molar-refractivity contribution in [1.29, 1.82) is 0 Å². The van der Waals surface area contributed by atoms with E-state index >= 15 is 0 Å². The number of hydrogen-bond donors (Lipinski definition) is 1. The zero-order valence-corrected chi connectivity index (χ0v) is 10.7. The van der Waals surface area contributed by atoms with Gasteiger partial charge in [-0.25, -0.2) is 9.97 Å². The predicted octanol–water partition coefficient (Wildman–Crippen LogP) is 3.72. The molecule has 16 heavy (non-hydrogen) atoms. The predicted molar refractivity (Wildman–Crippen MR) is 69.0 cm³/mol. The summed E-state index contributed by atoms with van der Waals surface area (Å²) >= 11 is 9.12. The Kier molecular flexibility index (Phi) is 3.74. The van der Waals surface area contributed by atoms with Gasteiger partial charge in [0.1, 0.15) is 0 Å². The quantitative estimate of drug-likeness (QED) is 0.878. The van der Waals surface area contributed by atoms with E-state index in [0.717, 1.165) is 15.7 Å². The zero-order chi connectivity index (χ0) is 11.4. The van der Waals surface area contributed by atoms with Crippen LogP contribution in [0.4, 0.5) is 11.6 Å². The highest BCUT2D eigenvalue weighted by Crippen LogP contribution is 2.20. The standard InChI is InChI=1S/C11H9BrClN3/c12-9-6-14-11(15-7-9)16-10-4-2-1-3-8(10)5-13/h1-4,6-7H,5H2,(H,14,15,16). The van der Waals surface area contributed by atoms with E-state index in [-0.39, 0.29) is 0 Å². The van der Waals surface area contributed by atoms with Crippen molar-refractivity contribution in [3.63, 3.8) is 0 Å². The molecule has 2 aromatic rings. The molecular weight excluding hydrogens is 289 g/mol. The van der Waals surface area contributed by atoms with Crippen molar-refractivity contribution in [3.8, 4) is 0 Å². The summed E-state index contributed by atoms with van der Waals surface area (Å²) in [4.78, 5) is 8.27. The van der Waals surface area contributed by atoms with E-state index in [0.29, 0.717) is 11.8 Å². The topological polar surface area (TPSA) is 37.8 Å². The van der Waals surface area contributed by atoms with E-state index in [1.54, 1.807) is 12.4 Å². The van der Waals surface area contributed by atoms with Gasteiger partial charge in [0.2, 0.25) is 5.95 Å². The van der Waals surface area contributed by atoms with Crippen LogP contribution in [0.15, 0.2) is 41.1 Å². The molecule has 1 heterocycles. The number of benzene rings is 1. The van der Waals surface area contributed by atoms with Crippen LogP contribution in [0, 0.1) is 0 Å². The van der Waals surface area contributed by atoms with Gasteiger partial charge in [0.25, 0.3) is 0 Å². The van der Waals surface area contributed by atoms with Crippen LogP contribution in [0.5, 0.6) is 0 Å². The van der Waals surface area contributed by atoms with Gasteiger partial charge < -0.3 is 5.32 Å². The molecule has 1 N–H and O–H groups in total. The minimum absolute atomic E-state index is 0.458. The summed E-state index contributed by atoms with van der Waals surface area (Å²) in [6.07, 6.45) is 3.39. The lowest BCUT2D eigenvalue weighted by Gasteiger charge is -2.08. The van der Waals surface area contributed by atoms with Gasteiger partial charge in [-0.15, -0.1) is 11.6 Å². The van der Waals surface area contributed by atoms with Crippen LogP contribution in [-0.4, -0.2) is 9.97 Å². The van der Waals surface area contributed by atoms with E-state index in [4.69, 9.17) is 11.6 Å². The van der Waals surface area contributed by atoms with Crippen LogP contribution in [-0.2, 0) is 5.88 Å². The number of nitrogens with one attached hydrogen (secondary N) is 1. The maximum Gasteiger partial charge on any atom is 0.227 e. The molecule has 0 aliphatic rings. The first kappa shape index (κ1) is 11.4. The van der Waals surface area contributed by atoms with Crippen LogP contribution in [0.2, 0.25) is 0 Å². The fourth-order valence-electron chi connectivity index (χ4n) is 1.26. The highest BCUT2D eigenvalue weighted by atomic mass is 79.9. The molecule has 0 saturated carbocycles. The number of para-hydroxylation sites is 1. The first-order valence-electron chi connectivity index (χ1n) is 4.68. The summed E-state index contributed by atoms with van der Waals surface area (Å²) in [5, 5.41) is 3.12. The number of nitrogens with zero attached hydrogens (tertiary/aromatic N) is 2. The first-order valence-corrected chi connectivity index (χ1v) is 6.01. The second kappa shape index (κ2) is 5.27. The Bertz CT molecular complexity index is 473. The third-order valence-electron chi connectivity index (χ3n) is 2.03. The maximum absolute atomic E-state index is 5.84. The lowest BCUT2D eigenvalue weighted by atomic mass is 10.2. The van der Waals surface area contributed by atoms with E-state index in [9.17, 15) is 0 Å². The molecule has 0 aliphatic heterocycles. The highest BCUT2D eigenvalue weighted by molar-refractivity contribution is 9.10. The molecule has 2 rings (SSSR count). The summed E-state index contributed by atoms with van der Waals surface area (Å²) in [6, 6.07) is 7.81. The fraction of sp³-hybridized carbons (Fsp3) is 0.0909. The van der Waals surface area contributed by atoms with Crippen LogP contribution in [0.25, 0.3) is 0 Å². The molecule has 1 aromatic heterocycles. The molecule has 0 unspecified atom stereocenters. The number of alkyl halides is 1.